The Labute approximate surface area is 159 Å². The second-order valence-corrected chi connectivity index (χ2v) is 6.77. The molecule has 0 unspecified atom stereocenters. The van der Waals surface area contributed by atoms with Crippen LogP contribution in [0.1, 0.15) is 35.3 Å². The van der Waals surface area contributed by atoms with Crippen molar-refractivity contribution in [2.24, 2.45) is 0 Å². The van der Waals surface area contributed by atoms with Gasteiger partial charge in [-0.25, -0.2) is 9.78 Å². The molecule has 27 heavy (non-hydrogen) atoms. The van der Waals surface area contributed by atoms with Crippen molar-refractivity contribution in [3.05, 3.63) is 59.3 Å². The molecular formula is C21H25N3O3. The molecule has 0 saturated heterocycles. The second-order valence-electron chi connectivity index (χ2n) is 6.77. The maximum absolute atomic E-state index is 13.1. The van der Waals surface area contributed by atoms with E-state index in [1.165, 1.54) is 0 Å². The van der Waals surface area contributed by atoms with Gasteiger partial charge in [0.2, 0.25) is 0 Å². The number of rotatable bonds is 6. The van der Waals surface area contributed by atoms with Crippen molar-refractivity contribution in [2.45, 2.75) is 32.2 Å². The standard InChI is InChI=1S/C21H25N3O3/c1-4-24(3)18-17(11-8-12-22-18)19(25)23-21(20(26)27-5-2)13-15-9-6-7-10-16(15)14-21/h6-12H,4-5,13-14H2,1-3H3,(H,23,25). The van der Waals surface area contributed by atoms with Crippen LogP contribution in [0.4, 0.5) is 5.82 Å². The first-order valence-electron chi connectivity index (χ1n) is 9.23. The quantitative estimate of drug-likeness (QED) is 0.794. The number of aromatic nitrogens is 1. The lowest BCUT2D eigenvalue weighted by molar-refractivity contribution is -0.150. The molecule has 1 amide bonds. The van der Waals surface area contributed by atoms with Crippen molar-refractivity contribution in [1.29, 1.82) is 0 Å². The average Bonchev–Trinajstić information content (AvgIpc) is 3.06. The predicted molar refractivity (Wildman–Crippen MR) is 104 cm³/mol. The third-order valence-electron chi connectivity index (χ3n) is 4.99. The maximum atomic E-state index is 13.1. The monoisotopic (exact) mass is 367 g/mol. The molecule has 6 heteroatoms. The summed E-state index contributed by atoms with van der Waals surface area (Å²) in [6, 6.07) is 11.3. The Balaban J connectivity index is 1.93. The zero-order chi connectivity index (χ0) is 19.4. The van der Waals surface area contributed by atoms with Crippen molar-refractivity contribution in [1.82, 2.24) is 10.3 Å². The molecule has 1 aromatic heterocycles. The van der Waals surface area contributed by atoms with Crippen LogP contribution in [0, 0.1) is 0 Å². The van der Waals surface area contributed by atoms with E-state index in [1.54, 1.807) is 25.3 Å². The summed E-state index contributed by atoms with van der Waals surface area (Å²) in [5, 5.41) is 2.98. The largest absolute Gasteiger partial charge is 0.464 e. The SMILES string of the molecule is CCOC(=O)C1(NC(=O)c2cccnc2N(C)CC)Cc2ccccc2C1. The fourth-order valence-electron chi connectivity index (χ4n) is 3.48. The van der Waals surface area contributed by atoms with Gasteiger partial charge in [0.15, 0.2) is 0 Å². The molecule has 1 N–H and O–H groups in total. The molecule has 0 fully saturated rings. The first-order valence-corrected chi connectivity index (χ1v) is 9.23. The molecule has 6 nitrogen and oxygen atoms in total. The number of hydrogen-bond donors (Lipinski definition) is 1. The van der Waals surface area contributed by atoms with E-state index in [0.717, 1.165) is 11.1 Å². The lowest BCUT2D eigenvalue weighted by atomic mass is 9.95. The summed E-state index contributed by atoms with van der Waals surface area (Å²) in [5.41, 5.74) is 1.47. The van der Waals surface area contributed by atoms with E-state index in [1.807, 2.05) is 43.1 Å². The fraction of sp³-hybridized carbons (Fsp3) is 0.381. The summed E-state index contributed by atoms with van der Waals surface area (Å²) in [7, 11) is 1.88. The molecule has 1 aromatic carbocycles. The van der Waals surface area contributed by atoms with Gasteiger partial charge in [0.25, 0.3) is 5.91 Å². The number of fused-ring (bicyclic) bond motifs is 1. The molecule has 3 rings (SSSR count). The average molecular weight is 367 g/mol. The number of carbonyl (C=O) groups is 2. The van der Waals surface area contributed by atoms with Crippen LogP contribution in [0.3, 0.4) is 0 Å². The van der Waals surface area contributed by atoms with Gasteiger partial charge in [-0.05, 0) is 37.1 Å². The number of ether oxygens (including phenoxy) is 1. The number of hydrogen-bond acceptors (Lipinski definition) is 5. The predicted octanol–water partition coefficient (Wildman–Crippen LogP) is 2.37. The van der Waals surface area contributed by atoms with E-state index in [0.29, 0.717) is 30.8 Å². The van der Waals surface area contributed by atoms with Crippen LogP contribution in [0.2, 0.25) is 0 Å². The Bertz CT molecular complexity index is 825. The third-order valence-corrected chi connectivity index (χ3v) is 4.99. The molecule has 0 bridgehead atoms. The number of amides is 1. The summed E-state index contributed by atoms with van der Waals surface area (Å²) in [4.78, 5) is 32.2. The zero-order valence-electron chi connectivity index (χ0n) is 16.0. The van der Waals surface area contributed by atoms with Crippen LogP contribution in [0.5, 0.6) is 0 Å². The van der Waals surface area contributed by atoms with Gasteiger partial charge in [-0.2, -0.15) is 0 Å². The van der Waals surface area contributed by atoms with E-state index < -0.39 is 11.5 Å². The summed E-state index contributed by atoms with van der Waals surface area (Å²) < 4.78 is 5.32. The van der Waals surface area contributed by atoms with Crippen LogP contribution < -0.4 is 10.2 Å². The van der Waals surface area contributed by atoms with Crippen LogP contribution in [0.15, 0.2) is 42.6 Å². The van der Waals surface area contributed by atoms with Crippen LogP contribution in [-0.4, -0.2) is 42.6 Å². The number of esters is 1. The number of anilines is 1. The molecule has 142 valence electrons. The van der Waals surface area contributed by atoms with E-state index in [4.69, 9.17) is 4.74 Å². The summed E-state index contributed by atoms with van der Waals surface area (Å²) in [6.07, 6.45) is 2.50. The Morgan fingerprint density at radius 1 is 1.15 bits per heavy atom. The lowest BCUT2D eigenvalue weighted by Gasteiger charge is -2.29. The Morgan fingerprint density at radius 3 is 2.41 bits per heavy atom. The molecule has 1 heterocycles. The number of nitrogens with zero attached hydrogens (tertiary/aromatic N) is 2. The molecule has 0 spiro atoms. The molecule has 1 aliphatic carbocycles. The molecule has 2 aromatic rings. The van der Waals surface area contributed by atoms with Gasteiger partial charge in [0.1, 0.15) is 11.4 Å². The molecule has 0 saturated carbocycles. The van der Waals surface area contributed by atoms with Gasteiger partial charge in [0.05, 0.1) is 12.2 Å². The molecule has 1 aliphatic rings. The Hall–Kier alpha value is -2.89. The van der Waals surface area contributed by atoms with E-state index >= 15 is 0 Å². The minimum Gasteiger partial charge on any atom is -0.464 e. The molecule has 0 aliphatic heterocycles. The molecule has 0 radical (unpaired) electrons. The van der Waals surface area contributed by atoms with E-state index in [-0.39, 0.29) is 12.5 Å². The number of nitrogens with one attached hydrogen (secondary N) is 1. The van der Waals surface area contributed by atoms with E-state index in [9.17, 15) is 9.59 Å². The number of pyridine rings is 1. The smallest absolute Gasteiger partial charge is 0.332 e. The molecular weight excluding hydrogens is 342 g/mol. The minimum atomic E-state index is -1.09. The second kappa shape index (κ2) is 7.78. The van der Waals surface area contributed by atoms with Crippen molar-refractivity contribution in [3.8, 4) is 0 Å². The van der Waals surface area contributed by atoms with Crippen LogP contribution in [-0.2, 0) is 22.4 Å². The highest BCUT2D eigenvalue weighted by molar-refractivity contribution is 6.02. The van der Waals surface area contributed by atoms with Gasteiger partial charge in [0, 0.05) is 32.6 Å². The summed E-state index contributed by atoms with van der Waals surface area (Å²) in [5.74, 6) is -0.130. The lowest BCUT2D eigenvalue weighted by Crippen LogP contribution is -2.56. The zero-order valence-corrected chi connectivity index (χ0v) is 16.0. The van der Waals surface area contributed by atoms with Gasteiger partial charge >= 0.3 is 5.97 Å². The highest BCUT2D eigenvalue weighted by atomic mass is 16.5. The van der Waals surface area contributed by atoms with Gasteiger partial charge < -0.3 is 15.0 Å². The first kappa shape index (κ1) is 18.9. The maximum Gasteiger partial charge on any atom is 0.332 e. The van der Waals surface area contributed by atoms with Gasteiger partial charge in [-0.15, -0.1) is 0 Å². The minimum absolute atomic E-state index is 0.267. The third kappa shape index (κ3) is 3.65. The van der Waals surface area contributed by atoms with Crippen LogP contribution in [0.25, 0.3) is 0 Å². The van der Waals surface area contributed by atoms with Crippen molar-refractivity contribution < 1.29 is 14.3 Å². The summed E-state index contributed by atoms with van der Waals surface area (Å²) >= 11 is 0. The summed E-state index contributed by atoms with van der Waals surface area (Å²) in [6.45, 7) is 4.74. The van der Waals surface area contributed by atoms with Crippen LogP contribution >= 0.6 is 0 Å². The Morgan fingerprint density at radius 2 is 1.81 bits per heavy atom. The van der Waals surface area contributed by atoms with Gasteiger partial charge in [-0.3, -0.25) is 4.79 Å². The van der Waals surface area contributed by atoms with Crippen molar-refractivity contribution in [2.75, 3.05) is 25.1 Å². The topological polar surface area (TPSA) is 71.5 Å². The first-order chi connectivity index (χ1) is 13.0. The molecule has 0 atom stereocenters. The Kier molecular flexibility index (Phi) is 5.44. The van der Waals surface area contributed by atoms with Crippen molar-refractivity contribution in [3.63, 3.8) is 0 Å². The number of carbonyl (C=O) groups excluding carboxylic acids is 2. The highest BCUT2D eigenvalue weighted by Gasteiger charge is 2.46. The van der Waals surface area contributed by atoms with E-state index in [2.05, 4.69) is 10.3 Å². The highest BCUT2D eigenvalue weighted by Crippen LogP contribution is 2.32. The normalized spacial score (nSPS) is 14.3. The van der Waals surface area contributed by atoms with Gasteiger partial charge in [-0.1, -0.05) is 24.3 Å². The van der Waals surface area contributed by atoms with Crippen molar-refractivity contribution >= 4 is 17.7 Å². The number of benzene rings is 1. The fourth-order valence-corrected chi connectivity index (χ4v) is 3.48.